The lowest BCUT2D eigenvalue weighted by molar-refractivity contribution is -0.251. The Balaban J connectivity index is 1.13. The highest BCUT2D eigenvalue weighted by Gasteiger charge is 2.52. The molecule has 0 bridgehead atoms. The molecule has 330 valence electrons. The molecule has 20 heteroatoms. The van der Waals surface area contributed by atoms with Gasteiger partial charge in [0.05, 0.1) is 29.5 Å². The number of carbonyl (C=O) groups excluding carboxylic acids is 4. The van der Waals surface area contributed by atoms with Crippen molar-refractivity contribution in [3.63, 3.8) is 0 Å². The van der Waals surface area contributed by atoms with Gasteiger partial charge >= 0.3 is 23.9 Å². The third-order valence-corrected chi connectivity index (χ3v) is 11.1. The number of phenols is 1. The molecule has 3 aromatic carbocycles. The second-order valence-electron chi connectivity index (χ2n) is 14.5. The zero-order chi connectivity index (χ0) is 44.3. The molecule has 6 rings (SSSR count). The molecule has 0 radical (unpaired) electrons. The van der Waals surface area contributed by atoms with E-state index in [9.17, 15) is 29.4 Å². The van der Waals surface area contributed by atoms with E-state index in [1.807, 2.05) is 48.5 Å². The smallest absolute Gasteiger partial charge is 0.303 e. The molecular weight excluding hydrogens is 847 g/mol. The standard InChI is InChI=1S/C42H47N5O13S2/c1-23(49)54-21-36-39(56-25(3)51)40(57-26(4)52)38(55-24(2)50)35(59-36)18-37(61)43-19-27-5-11-30(12-6-27)41-58-33(17-34(60-41)29-9-7-28(20-48)8-10-29)22-62-42-44-45-46-47(42)31-13-15-32(53)16-14-31/h5-16,33-36,38-41,48,53H,17-22H2,1-4H3,(H,43,61)/t33-,34+,35-,36+,38-,39+,40+,41?/m0/s1. The number of aromatic hydroxyl groups is 1. The van der Waals surface area contributed by atoms with Gasteiger partial charge < -0.3 is 48.7 Å². The first-order valence-corrected chi connectivity index (χ1v) is 21.0. The first kappa shape index (κ1) is 46.0. The van der Waals surface area contributed by atoms with Gasteiger partial charge in [-0.2, -0.15) is 4.68 Å². The molecular formula is C42H47N5O13S2. The number of aromatic nitrogens is 4. The van der Waals surface area contributed by atoms with Crippen LogP contribution in [0.5, 0.6) is 5.75 Å². The number of nitrogens with zero attached hydrogens (tertiary/aromatic N) is 4. The monoisotopic (exact) mass is 893 g/mol. The Morgan fingerprint density at radius 2 is 1.40 bits per heavy atom. The summed E-state index contributed by atoms with van der Waals surface area (Å²) in [7, 11) is 0. The number of thioether (sulfide) groups is 1. The summed E-state index contributed by atoms with van der Waals surface area (Å²) in [5.41, 5.74) is 4.05. The number of tetrazole rings is 1. The van der Waals surface area contributed by atoms with Crippen LogP contribution in [0, 0.1) is 0 Å². The highest BCUT2D eigenvalue weighted by molar-refractivity contribution is 7.99. The SMILES string of the molecule is CC(=O)OC[C@H]1O[C@@H](CC(=S)NCc2ccc(C3O[C@H](CSc4nnnn4-c4ccc(O)cc4)C[C@H](c4ccc(CO)cc4)O3)cc2)[C@H](OC(C)=O)[C@@H](OC(C)=O)[C@@H]1OC(C)=O. The number of aliphatic hydroxyl groups excluding tert-OH is 1. The largest absolute Gasteiger partial charge is 0.508 e. The van der Waals surface area contributed by atoms with E-state index in [4.69, 9.17) is 45.4 Å². The van der Waals surface area contributed by atoms with Gasteiger partial charge in [-0.25, -0.2) is 0 Å². The number of ether oxygens (including phenoxy) is 7. The molecule has 4 aromatic rings. The van der Waals surface area contributed by atoms with E-state index in [0.29, 0.717) is 34.6 Å². The number of hydrogen-bond acceptors (Lipinski definition) is 18. The van der Waals surface area contributed by atoms with Gasteiger partial charge in [-0.3, -0.25) is 19.2 Å². The molecule has 3 heterocycles. The lowest BCUT2D eigenvalue weighted by atomic mass is 9.92. The lowest BCUT2D eigenvalue weighted by Gasteiger charge is -2.44. The van der Waals surface area contributed by atoms with Gasteiger partial charge in [0.1, 0.15) is 24.6 Å². The molecule has 2 fully saturated rings. The molecule has 3 N–H and O–H groups in total. The molecule has 8 atom stereocenters. The molecule has 0 saturated carbocycles. The first-order valence-electron chi connectivity index (χ1n) is 19.6. The van der Waals surface area contributed by atoms with Crippen molar-refractivity contribution in [3.05, 3.63) is 95.1 Å². The van der Waals surface area contributed by atoms with Crippen molar-refractivity contribution in [2.24, 2.45) is 0 Å². The van der Waals surface area contributed by atoms with Crippen molar-refractivity contribution >= 4 is 52.8 Å². The second kappa shape index (κ2) is 21.5. The predicted octanol–water partition coefficient (Wildman–Crippen LogP) is 4.13. The number of rotatable bonds is 16. The van der Waals surface area contributed by atoms with E-state index in [1.54, 1.807) is 28.9 Å². The van der Waals surface area contributed by atoms with Crippen LogP contribution in [-0.4, -0.2) is 108 Å². The number of phenolic OH excluding ortho intramolecular Hbond substituents is 1. The van der Waals surface area contributed by atoms with Crippen LogP contribution in [0.1, 0.15) is 75.2 Å². The summed E-state index contributed by atoms with van der Waals surface area (Å²) in [5, 5.41) is 35.3. The van der Waals surface area contributed by atoms with Crippen LogP contribution in [0.4, 0.5) is 0 Å². The number of aliphatic hydroxyl groups is 1. The van der Waals surface area contributed by atoms with Crippen LogP contribution in [-0.2, 0) is 65.5 Å². The Kier molecular flexibility index (Phi) is 16.0. The van der Waals surface area contributed by atoms with E-state index in [0.717, 1.165) is 36.1 Å². The van der Waals surface area contributed by atoms with Crippen molar-refractivity contribution in [3.8, 4) is 11.4 Å². The molecule has 62 heavy (non-hydrogen) atoms. The average molecular weight is 894 g/mol. The fraction of sp³-hybridized carbons (Fsp3) is 0.429. The predicted molar refractivity (Wildman–Crippen MR) is 222 cm³/mol. The highest BCUT2D eigenvalue weighted by atomic mass is 32.2. The van der Waals surface area contributed by atoms with E-state index in [1.165, 1.54) is 25.6 Å². The molecule has 1 aromatic heterocycles. The summed E-state index contributed by atoms with van der Waals surface area (Å²) in [6.45, 7) is 4.58. The second-order valence-corrected chi connectivity index (χ2v) is 16.0. The van der Waals surface area contributed by atoms with E-state index < -0.39 is 60.7 Å². The molecule has 2 aliphatic rings. The fourth-order valence-corrected chi connectivity index (χ4v) is 8.09. The van der Waals surface area contributed by atoms with Crippen LogP contribution in [0.2, 0.25) is 0 Å². The summed E-state index contributed by atoms with van der Waals surface area (Å²) in [4.78, 5) is 48.6. The summed E-state index contributed by atoms with van der Waals surface area (Å²) < 4.78 is 42.6. The Morgan fingerprint density at radius 3 is 2.03 bits per heavy atom. The maximum Gasteiger partial charge on any atom is 0.303 e. The fourth-order valence-electron chi connectivity index (χ4n) is 6.95. The van der Waals surface area contributed by atoms with Gasteiger partial charge in [0, 0.05) is 58.4 Å². The van der Waals surface area contributed by atoms with Crippen molar-refractivity contribution in [2.75, 3.05) is 12.4 Å². The lowest BCUT2D eigenvalue weighted by Crippen LogP contribution is -2.62. The number of hydrogen-bond donors (Lipinski definition) is 3. The maximum absolute atomic E-state index is 12.3. The molecule has 0 amide bonds. The Morgan fingerprint density at radius 1 is 0.790 bits per heavy atom. The number of thiocarbonyl (C=S) groups is 1. The van der Waals surface area contributed by atoms with Crippen molar-refractivity contribution in [1.82, 2.24) is 25.5 Å². The normalized spacial score (nSPS) is 23.4. The van der Waals surface area contributed by atoms with E-state index in [2.05, 4.69) is 20.8 Å². The summed E-state index contributed by atoms with van der Waals surface area (Å²) in [6.07, 6.45) is -6.63. The average Bonchev–Trinajstić information content (AvgIpc) is 3.72. The Labute approximate surface area is 366 Å². The number of nitrogens with one attached hydrogen (secondary N) is 1. The summed E-state index contributed by atoms with van der Waals surface area (Å²) in [5.74, 6) is -2.13. The minimum Gasteiger partial charge on any atom is -0.508 e. The highest BCUT2D eigenvalue weighted by Crippen LogP contribution is 2.40. The van der Waals surface area contributed by atoms with Gasteiger partial charge in [-0.05, 0) is 51.4 Å². The van der Waals surface area contributed by atoms with Gasteiger partial charge in [0.15, 0.2) is 24.6 Å². The third kappa shape index (κ3) is 12.5. The van der Waals surface area contributed by atoms with Gasteiger partial charge in [-0.15, -0.1) is 5.10 Å². The number of benzene rings is 3. The Hall–Kier alpha value is -5.51. The van der Waals surface area contributed by atoms with Crippen molar-refractivity contribution in [2.45, 2.75) is 108 Å². The van der Waals surface area contributed by atoms with Crippen LogP contribution in [0.25, 0.3) is 5.69 Å². The first-order chi connectivity index (χ1) is 29.8. The van der Waals surface area contributed by atoms with Gasteiger partial charge in [0.25, 0.3) is 0 Å². The van der Waals surface area contributed by atoms with Crippen LogP contribution >= 0.6 is 24.0 Å². The van der Waals surface area contributed by atoms with Gasteiger partial charge in [0.2, 0.25) is 5.16 Å². The van der Waals surface area contributed by atoms with Crippen molar-refractivity contribution in [1.29, 1.82) is 0 Å². The topological polar surface area (TPSA) is 229 Å². The number of esters is 4. The van der Waals surface area contributed by atoms with Crippen LogP contribution < -0.4 is 5.32 Å². The van der Waals surface area contributed by atoms with Gasteiger partial charge in [-0.1, -0.05) is 72.5 Å². The summed E-state index contributed by atoms with van der Waals surface area (Å²) in [6, 6.07) is 21.8. The van der Waals surface area contributed by atoms with E-state index in [-0.39, 0.29) is 37.6 Å². The van der Waals surface area contributed by atoms with Crippen LogP contribution in [0.15, 0.2) is 78.0 Å². The molecule has 1 unspecified atom stereocenters. The number of carbonyl (C=O) groups is 4. The minimum absolute atomic E-state index is 0.00235. The minimum atomic E-state index is -1.29. The third-order valence-electron chi connectivity index (χ3n) is 9.76. The molecule has 2 saturated heterocycles. The maximum atomic E-state index is 12.3. The molecule has 0 spiro atoms. The zero-order valence-electron chi connectivity index (χ0n) is 34.3. The molecule has 2 aliphatic heterocycles. The Bertz CT molecular complexity index is 2170. The quantitative estimate of drug-likeness (QED) is 0.0622. The van der Waals surface area contributed by atoms with Crippen LogP contribution in [0.3, 0.4) is 0 Å². The van der Waals surface area contributed by atoms with Crippen molar-refractivity contribution < 1.29 is 62.5 Å². The zero-order valence-corrected chi connectivity index (χ0v) is 35.9. The molecule has 0 aliphatic carbocycles. The summed E-state index contributed by atoms with van der Waals surface area (Å²) >= 11 is 7.12. The van der Waals surface area contributed by atoms with E-state index >= 15 is 0 Å². The molecule has 18 nitrogen and oxygen atoms in total.